The predicted octanol–water partition coefficient (Wildman–Crippen LogP) is 1.16. The molecule has 0 aromatic carbocycles. The van der Waals surface area contributed by atoms with Crippen LogP contribution in [0.15, 0.2) is 0 Å². The van der Waals surface area contributed by atoms with Crippen molar-refractivity contribution in [3.05, 3.63) is 0 Å². The highest BCUT2D eigenvalue weighted by Gasteiger charge is 2.41. The zero-order valence-corrected chi connectivity index (χ0v) is 8.26. The summed E-state index contributed by atoms with van der Waals surface area (Å²) in [6, 6.07) is 0. The third kappa shape index (κ3) is 1.97. The summed E-state index contributed by atoms with van der Waals surface area (Å²) >= 11 is 0. The van der Waals surface area contributed by atoms with Crippen molar-refractivity contribution in [2.24, 2.45) is 5.41 Å². The highest BCUT2D eigenvalue weighted by Crippen LogP contribution is 2.33. The van der Waals surface area contributed by atoms with Crippen molar-refractivity contribution in [1.82, 2.24) is 0 Å². The van der Waals surface area contributed by atoms with E-state index in [-0.39, 0.29) is 18.1 Å². The molecule has 3 nitrogen and oxygen atoms in total. The summed E-state index contributed by atoms with van der Waals surface area (Å²) < 4.78 is 11.0. The van der Waals surface area contributed by atoms with Crippen molar-refractivity contribution >= 4 is 0 Å². The Morgan fingerprint density at radius 3 is 2.42 bits per heavy atom. The first-order valence-corrected chi connectivity index (χ1v) is 4.30. The largest absolute Gasteiger partial charge is 0.396 e. The normalized spacial score (nSPS) is 29.2. The van der Waals surface area contributed by atoms with Gasteiger partial charge in [-0.05, 0) is 13.8 Å². The first kappa shape index (κ1) is 9.96. The maximum atomic E-state index is 9.09. The molecular weight excluding hydrogens is 156 g/mol. The lowest BCUT2D eigenvalue weighted by molar-refractivity contribution is -0.154. The molecule has 1 N–H and O–H groups in total. The average Bonchev–Trinajstić information content (AvgIpc) is 2.31. The van der Waals surface area contributed by atoms with Crippen LogP contribution in [0.5, 0.6) is 0 Å². The lowest BCUT2D eigenvalue weighted by Crippen LogP contribution is -2.36. The third-order valence-corrected chi connectivity index (χ3v) is 2.29. The van der Waals surface area contributed by atoms with Crippen LogP contribution in [0.1, 0.15) is 27.7 Å². The van der Waals surface area contributed by atoms with Crippen LogP contribution in [0, 0.1) is 5.41 Å². The van der Waals surface area contributed by atoms with Crippen LogP contribution in [-0.2, 0) is 9.47 Å². The smallest absolute Gasteiger partial charge is 0.163 e. The monoisotopic (exact) mass is 174 g/mol. The third-order valence-electron chi connectivity index (χ3n) is 2.29. The summed E-state index contributed by atoms with van der Waals surface area (Å²) in [7, 11) is 0. The molecule has 0 spiro atoms. The first-order valence-electron chi connectivity index (χ1n) is 4.30. The molecule has 1 unspecified atom stereocenters. The molecule has 0 radical (unpaired) electrons. The van der Waals surface area contributed by atoms with Gasteiger partial charge in [0.25, 0.3) is 0 Å². The molecule has 0 amide bonds. The highest BCUT2D eigenvalue weighted by molar-refractivity contribution is 4.83. The number of hydrogen-bond donors (Lipinski definition) is 1. The van der Waals surface area contributed by atoms with Crippen molar-refractivity contribution in [3.8, 4) is 0 Å². The van der Waals surface area contributed by atoms with Gasteiger partial charge < -0.3 is 14.6 Å². The SMILES string of the molecule is CC1(C)OCC(C(C)(C)CO)O1. The Morgan fingerprint density at radius 2 is 2.08 bits per heavy atom. The van der Waals surface area contributed by atoms with Gasteiger partial charge in [-0.2, -0.15) is 0 Å². The van der Waals surface area contributed by atoms with E-state index in [4.69, 9.17) is 14.6 Å². The minimum absolute atomic E-state index is 0.00231. The molecule has 0 bridgehead atoms. The van der Waals surface area contributed by atoms with Crippen molar-refractivity contribution in [3.63, 3.8) is 0 Å². The van der Waals surface area contributed by atoms with E-state index >= 15 is 0 Å². The summed E-state index contributed by atoms with van der Waals surface area (Å²) in [5, 5.41) is 9.09. The van der Waals surface area contributed by atoms with Gasteiger partial charge in [0.2, 0.25) is 0 Å². The van der Waals surface area contributed by atoms with Crippen molar-refractivity contribution < 1.29 is 14.6 Å². The Bertz CT molecular complexity index is 163. The van der Waals surface area contributed by atoms with Crippen LogP contribution >= 0.6 is 0 Å². The van der Waals surface area contributed by atoms with E-state index in [9.17, 15) is 0 Å². The highest BCUT2D eigenvalue weighted by atomic mass is 16.7. The standard InChI is InChI=1S/C9H18O3/c1-8(2,6-10)7-5-11-9(3,4)12-7/h7,10H,5-6H2,1-4H3. The minimum Gasteiger partial charge on any atom is -0.396 e. The van der Waals surface area contributed by atoms with E-state index in [0.717, 1.165) is 0 Å². The molecule has 1 rings (SSSR count). The van der Waals surface area contributed by atoms with Crippen LogP contribution in [-0.4, -0.2) is 30.2 Å². The quantitative estimate of drug-likeness (QED) is 0.682. The van der Waals surface area contributed by atoms with Crippen molar-refractivity contribution in [2.75, 3.05) is 13.2 Å². The molecule has 72 valence electrons. The van der Waals surface area contributed by atoms with Crippen molar-refractivity contribution in [2.45, 2.75) is 39.6 Å². The van der Waals surface area contributed by atoms with Gasteiger partial charge in [0.15, 0.2) is 5.79 Å². The molecule has 1 fully saturated rings. The van der Waals surface area contributed by atoms with Crippen LogP contribution in [0.25, 0.3) is 0 Å². The molecule has 1 aliphatic heterocycles. The lowest BCUT2D eigenvalue weighted by Gasteiger charge is -2.28. The molecule has 0 aliphatic carbocycles. The summed E-state index contributed by atoms with van der Waals surface area (Å²) in [4.78, 5) is 0. The molecule has 1 heterocycles. The zero-order chi connectivity index (χ0) is 9.41. The van der Waals surface area contributed by atoms with E-state index in [1.165, 1.54) is 0 Å². The molecule has 0 aromatic heterocycles. The number of hydrogen-bond acceptors (Lipinski definition) is 3. The molecule has 1 atom stereocenters. The van der Waals surface area contributed by atoms with E-state index in [2.05, 4.69) is 0 Å². The average molecular weight is 174 g/mol. The lowest BCUT2D eigenvalue weighted by atomic mass is 9.88. The molecule has 12 heavy (non-hydrogen) atoms. The van der Waals surface area contributed by atoms with Crippen LogP contribution in [0.2, 0.25) is 0 Å². The molecule has 0 aromatic rings. The summed E-state index contributed by atoms with van der Waals surface area (Å²) in [6.45, 7) is 8.42. The Hall–Kier alpha value is -0.120. The van der Waals surface area contributed by atoms with E-state index in [1.807, 2.05) is 27.7 Å². The van der Waals surface area contributed by atoms with Crippen LogP contribution in [0.4, 0.5) is 0 Å². The molecule has 0 saturated carbocycles. The number of aliphatic hydroxyl groups excluding tert-OH is 1. The van der Waals surface area contributed by atoms with E-state index in [0.29, 0.717) is 6.61 Å². The summed E-state index contributed by atoms with van der Waals surface area (Å²) in [5.74, 6) is -0.489. The summed E-state index contributed by atoms with van der Waals surface area (Å²) in [5.41, 5.74) is -0.215. The molecular formula is C9H18O3. The topological polar surface area (TPSA) is 38.7 Å². The van der Waals surface area contributed by atoms with Crippen LogP contribution in [0.3, 0.4) is 0 Å². The van der Waals surface area contributed by atoms with Crippen LogP contribution < -0.4 is 0 Å². The van der Waals surface area contributed by atoms with Gasteiger partial charge in [-0.25, -0.2) is 0 Å². The van der Waals surface area contributed by atoms with E-state index < -0.39 is 5.79 Å². The predicted molar refractivity (Wildman–Crippen MR) is 45.8 cm³/mol. The summed E-state index contributed by atoms with van der Waals surface area (Å²) in [6.07, 6.45) is -0.00231. The fraction of sp³-hybridized carbons (Fsp3) is 1.00. The van der Waals surface area contributed by atoms with Gasteiger partial charge >= 0.3 is 0 Å². The van der Waals surface area contributed by atoms with Gasteiger partial charge in [-0.3, -0.25) is 0 Å². The Balaban J connectivity index is 2.58. The fourth-order valence-corrected chi connectivity index (χ4v) is 1.17. The van der Waals surface area contributed by atoms with Gasteiger partial charge in [0.1, 0.15) is 0 Å². The second-order valence-corrected chi connectivity index (χ2v) is 4.46. The second-order valence-electron chi connectivity index (χ2n) is 4.46. The molecule has 1 saturated heterocycles. The Kier molecular flexibility index (Phi) is 2.47. The first-order chi connectivity index (χ1) is 5.37. The Morgan fingerprint density at radius 1 is 1.50 bits per heavy atom. The second kappa shape index (κ2) is 2.98. The van der Waals surface area contributed by atoms with Crippen molar-refractivity contribution in [1.29, 1.82) is 0 Å². The fourth-order valence-electron chi connectivity index (χ4n) is 1.17. The van der Waals surface area contributed by atoms with Gasteiger partial charge in [-0.1, -0.05) is 13.8 Å². The zero-order valence-electron chi connectivity index (χ0n) is 8.26. The maximum absolute atomic E-state index is 9.09. The van der Waals surface area contributed by atoms with Gasteiger partial charge in [0.05, 0.1) is 19.3 Å². The number of aliphatic hydroxyl groups is 1. The molecule has 3 heteroatoms. The maximum Gasteiger partial charge on any atom is 0.163 e. The number of ether oxygens (including phenoxy) is 2. The Labute approximate surface area is 73.7 Å². The minimum atomic E-state index is -0.489. The van der Waals surface area contributed by atoms with E-state index in [1.54, 1.807) is 0 Å². The molecule has 1 aliphatic rings. The van der Waals surface area contributed by atoms with Gasteiger partial charge in [0, 0.05) is 5.41 Å². The number of rotatable bonds is 2. The van der Waals surface area contributed by atoms with Gasteiger partial charge in [-0.15, -0.1) is 0 Å².